The van der Waals surface area contributed by atoms with Gasteiger partial charge in [-0.2, -0.15) is 0 Å². The van der Waals surface area contributed by atoms with Gasteiger partial charge in [0.2, 0.25) is 5.91 Å². The zero-order valence-corrected chi connectivity index (χ0v) is 37.2. The number of aliphatic hydroxyl groups excluding tert-OH is 2. The summed E-state index contributed by atoms with van der Waals surface area (Å²) in [4.78, 5) is 12.4. The number of amides is 1. The number of rotatable bonds is 45. The first-order chi connectivity index (χ1) is 27.2. The first kappa shape index (κ1) is 53.6. The minimum atomic E-state index is -0.666. The molecule has 0 fully saturated rings. The van der Waals surface area contributed by atoms with Crippen LogP contribution in [-0.2, 0) is 4.79 Å². The lowest BCUT2D eigenvalue weighted by Crippen LogP contribution is -2.45. The number of hydrogen-bond acceptors (Lipinski definition) is 3. The van der Waals surface area contributed by atoms with Crippen molar-refractivity contribution >= 4 is 5.91 Å². The van der Waals surface area contributed by atoms with Gasteiger partial charge in [0, 0.05) is 6.42 Å². The Morgan fingerprint density at radius 2 is 0.745 bits per heavy atom. The van der Waals surface area contributed by atoms with E-state index in [9.17, 15) is 15.0 Å². The highest BCUT2D eigenvalue weighted by atomic mass is 16.3. The van der Waals surface area contributed by atoms with Crippen LogP contribution in [0.3, 0.4) is 0 Å². The summed E-state index contributed by atoms with van der Waals surface area (Å²) in [5.74, 6) is -0.0418. The summed E-state index contributed by atoms with van der Waals surface area (Å²) in [6.07, 6.45) is 62.4. The van der Waals surface area contributed by atoms with E-state index >= 15 is 0 Å². The summed E-state index contributed by atoms with van der Waals surface area (Å²) in [6.45, 7) is 4.34. The Bertz CT molecular complexity index is 836. The molecule has 3 N–H and O–H groups in total. The highest BCUT2D eigenvalue weighted by Crippen LogP contribution is 2.17. The molecule has 0 bridgehead atoms. The zero-order chi connectivity index (χ0) is 40.0. The lowest BCUT2D eigenvalue weighted by molar-refractivity contribution is -0.123. The minimum Gasteiger partial charge on any atom is -0.394 e. The molecule has 0 aromatic carbocycles. The number of hydrogen-bond donors (Lipinski definition) is 3. The van der Waals surface area contributed by atoms with Gasteiger partial charge in [-0.05, 0) is 51.4 Å². The number of carbonyl (C=O) groups is 1. The van der Waals surface area contributed by atoms with Crippen molar-refractivity contribution in [3.8, 4) is 0 Å². The normalized spacial score (nSPS) is 13.2. The second-order valence-corrected chi connectivity index (χ2v) is 16.9. The van der Waals surface area contributed by atoms with E-state index in [0.717, 1.165) is 51.4 Å². The molecule has 0 saturated heterocycles. The van der Waals surface area contributed by atoms with Crippen LogP contribution in [0.1, 0.15) is 264 Å². The van der Waals surface area contributed by atoms with E-state index < -0.39 is 12.1 Å². The van der Waals surface area contributed by atoms with E-state index in [1.54, 1.807) is 0 Å². The van der Waals surface area contributed by atoms with Crippen molar-refractivity contribution in [2.75, 3.05) is 6.61 Å². The number of aliphatic hydroxyl groups is 2. The van der Waals surface area contributed by atoms with Crippen molar-refractivity contribution in [3.05, 3.63) is 36.5 Å². The molecule has 0 aromatic rings. The first-order valence-corrected chi connectivity index (χ1v) is 24.7. The molecule has 0 aromatic heterocycles. The smallest absolute Gasteiger partial charge is 0.220 e. The van der Waals surface area contributed by atoms with Crippen molar-refractivity contribution in [1.29, 1.82) is 0 Å². The molecule has 1 amide bonds. The van der Waals surface area contributed by atoms with Crippen LogP contribution in [0.25, 0.3) is 0 Å². The minimum absolute atomic E-state index is 0.0418. The monoisotopic (exact) mass is 772 g/mol. The maximum atomic E-state index is 12.4. The fraction of sp³-hybridized carbons (Fsp3) is 0.863. The van der Waals surface area contributed by atoms with Crippen LogP contribution in [0.2, 0.25) is 0 Å². The van der Waals surface area contributed by atoms with Gasteiger partial charge in [-0.1, -0.05) is 243 Å². The third-order valence-electron chi connectivity index (χ3n) is 11.4. The van der Waals surface area contributed by atoms with Crippen LogP contribution < -0.4 is 5.32 Å². The van der Waals surface area contributed by atoms with Gasteiger partial charge < -0.3 is 15.5 Å². The molecule has 0 spiro atoms. The van der Waals surface area contributed by atoms with Crippen molar-refractivity contribution in [1.82, 2.24) is 5.32 Å². The highest BCUT2D eigenvalue weighted by Gasteiger charge is 2.20. The Balaban J connectivity index is 3.50. The van der Waals surface area contributed by atoms with Gasteiger partial charge in [0.25, 0.3) is 0 Å². The van der Waals surface area contributed by atoms with Gasteiger partial charge in [0.05, 0.1) is 18.8 Å². The van der Waals surface area contributed by atoms with Crippen LogP contribution in [0.4, 0.5) is 0 Å². The second kappa shape index (κ2) is 47.0. The number of carbonyl (C=O) groups excluding carboxylic acids is 1. The fourth-order valence-corrected chi connectivity index (χ4v) is 7.60. The summed E-state index contributed by atoms with van der Waals surface area (Å²) < 4.78 is 0. The summed E-state index contributed by atoms with van der Waals surface area (Å²) >= 11 is 0. The Kier molecular flexibility index (Phi) is 45.8. The summed E-state index contributed by atoms with van der Waals surface area (Å²) in [5, 5.41) is 23.3. The molecule has 0 aliphatic carbocycles. The maximum Gasteiger partial charge on any atom is 0.220 e. The molecule has 324 valence electrons. The molecule has 0 saturated carbocycles. The summed E-state index contributed by atoms with van der Waals surface area (Å²) in [6, 6.07) is -0.544. The topological polar surface area (TPSA) is 69.6 Å². The van der Waals surface area contributed by atoms with Gasteiger partial charge >= 0.3 is 0 Å². The molecule has 2 unspecified atom stereocenters. The van der Waals surface area contributed by atoms with Gasteiger partial charge in [-0.25, -0.2) is 0 Å². The predicted molar refractivity (Wildman–Crippen MR) is 244 cm³/mol. The average Bonchev–Trinajstić information content (AvgIpc) is 3.19. The van der Waals surface area contributed by atoms with Crippen molar-refractivity contribution in [3.63, 3.8) is 0 Å². The molecule has 0 aliphatic rings. The summed E-state index contributed by atoms with van der Waals surface area (Å²) in [7, 11) is 0. The van der Waals surface area contributed by atoms with Crippen LogP contribution in [0.5, 0.6) is 0 Å². The molecule has 4 nitrogen and oxygen atoms in total. The average molecular weight is 772 g/mol. The molecule has 2 atom stereocenters. The standard InChI is InChI=1S/C51H97NO3/c1-3-5-7-9-11-13-15-17-19-21-23-24-25-26-27-29-30-32-34-36-38-40-42-44-46-50(54)49(48-53)52-51(55)47-45-43-41-39-37-35-33-31-28-22-20-18-16-14-12-10-8-6-4-2/h12,14,18,20,28,31,49-50,53-54H,3-11,13,15-17,19,21-27,29-30,32-48H2,1-2H3,(H,52,55)/b14-12-,20-18-,31-28-. The molecular formula is C51H97NO3. The Morgan fingerprint density at radius 1 is 0.436 bits per heavy atom. The molecule has 0 radical (unpaired) electrons. The van der Waals surface area contributed by atoms with Crippen LogP contribution in [-0.4, -0.2) is 34.9 Å². The van der Waals surface area contributed by atoms with E-state index in [4.69, 9.17) is 0 Å². The number of allylic oxidation sites excluding steroid dienone is 6. The van der Waals surface area contributed by atoms with E-state index in [1.807, 2.05) is 0 Å². The van der Waals surface area contributed by atoms with Crippen molar-refractivity contribution in [2.45, 2.75) is 276 Å². The first-order valence-electron chi connectivity index (χ1n) is 24.7. The Labute approximate surface area is 344 Å². The maximum absolute atomic E-state index is 12.4. The zero-order valence-electron chi connectivity index (χ0n) is 37.2. The lowest BCUT2D eigenvalue weighted by Gasteiger charge is -2.22. The highest BCUT2D eigenvalue weighted by molar-refractivity contribution is 5.76. The fourth-order valence-electron chi connectivity index (χ4n) is 7.60. The number of nitrogens with one attached hydrogen (secondary N) is 1. The van der Waals surface area contributed by atoms with Gasteiger partial charge in [-0.3, -0.25) is 4.79 Å². The molecule has 0 heterocycles. The third kappa shape index (κ3) is 43.6. The van der Waals surface area contributed by atoms with E-state index in [0.29, 0.717) is 12.8 Å². The Morgan fingerprint density at radius 3 is 1.15 bits per heavy atom. The molecule has 0 rings (SSSR count). The molecular weight excluding hydrogens is 675 g/mol. The molecule has 55 heavy (non-hydrogen) atoms. The number of unbranched alkanes of at least 4 members (excludes halogenated alkanes) is 32. The van der Waals surface area contributed by atoms with Crippen molar-refractivity contribution in [2.24, 2.45) is 0 Å². The van der Waals surface area contributed by atoms with Gasteiger partial charge in [0.1, 0.15) is 0 Å². The van der Waals surface area contributed by atoms with E-state index in [1.165, 1.54) is 186 Å². The van der Waals surface area contributed by atoms with Gasteiger partial charge in [0.15, 0.2) is 0 Å². The second-order valence-electron chi connectivity index (χ2n) is 16.9. The van der Waals surface area contributed by atoms with Gasteiger partial charge in [-0.15, -0.1) is 0 Å². The lowest BCUT2D eigenvalue weighted by atomic mass is 10.0. The van der Waals surface area contributed by atoms with Crippen molar-refractivity contribution < 1.29 is 15.0 Å². The van der Waals surface area contributed by atoms with E-state index in [-0.39, 0.29) is 12.5 Å². The molecule has 0 aliphatic heterocycles. The van der Waals surface area contributed by atoms with E-state index in [2.05, 4.69) is 55.6 Å². The van der Waals surface area contributed by atoms with Crippen LogP contribution >= 0.6 is 0 Å². The quantitative estimate of drug-likeness (QED) is 0.0426. The largest absolute Gasteiger partial charge is 0.394 e. The molecule has 4 heteroatoms. The predicted octanol–water partition coefficient (Wildman–Crippen LogP) is 15.7. The van der Waals surface area contributed by atoms with Crippen LogP contribution in [0.15, 0.2) is 36.5 Å². The summed E-state index contributed by atoms with van der Waals surface area (Å²) in [5.41, 5.74) is 0. The SMILES string of the molecule is CCCCC/C=C\C/C=C\C/C=C\CCCCCCCCC(=O)NC(CO)C(O)CCCCCCCCCCCCCCCCCCCCCCCCCC. The third-order valence-corrected chi connectivity index (χ3v) is 11.4. The van der Waals surface area contributed by atoms with Crippen LogP contribution in [0, 0.1) is 0 Å². The Hall–Kier alpha value is -1.39.